The van der Waals surface area contributed by atoms with E-state index in [4.69, 9.17) is 14.2 Å². The Morgan fingerprint density at radius 1 is 0.977 bits per heavy atom. The van der Waals surface area contributed by atoms with Crippen molar-refractivity contribution in [3.05, 3.63) is 83.7 Å². The lowest BCUT2D eigenvalue weighted by Gasteiger charge is -2.34. The number of Topliss-reactive ketones (excluding diaryl/α,β-unsaturated/α-hetero) is 1. The number of ketones is 1. The molecule has 0 spiro atoms. The van der Waals surface area contributed by atoms with Crippen molar-refractivity contribution in [2.45, 2.75) is 68.4 Å². The molecule has 10 heteroatoms. The van der Waals surface area contributed by atoms with Gasteiger partial charge < -0.3 is 19.1 Å². The smallest absolute Gasteiger partial charge is 0.295 e. The van der Waals surface area contributed by atoms with Crippen LogP contribution in [0.2, 0.25) is 0 Å². The molecule has 44 heavy (non-hydrogen) atoms. The van der Waals surface area contributed by atoms with Gasteiger partial charge in [0.05, 0.1) is 32.6 Å². The van der Waals surface area contributed by atoms with Gasteiger partial charge in [-0.2, -0.15) is 0 Å². The molecule has 1 aliphatic rings. The van der Waals surface area contributed by atoms with Crippen LogP contribution in [0.1, 0.15) is 72.2 Å². The van der Waals surface area contributed by atoms with Crippen molar-refractivity contribution in [1.29, 1.82) is 0 Å². The van der Waals surface area contributed by atoms with Gasteiger partial charge in [0.25, 0.3) is 11.7 Å². The van der Waals surface area contributed by atoms with Crippen molar-refractivity contribution in [2.24, 2.45) is 0 Å². The Balaban J connectivity index is 1.66. The first-order chi connectivity index (χ1) is 21.3. The van der Waals surface area contributed by atoms with Crippen LogP contribution < -0.4 is 14.2 Å². The van der Waals surface area contributed by atoms with Gasteiger partial charge in [0.2, 0.25) is 5.75 Å². The number of aromatic nitrogens is 1. The van der Waals surface area contributed by atoms with Crippen molar-refractivity contribution in [3.63, 3.8) is 0 Å². The van der Waals surface area contributed by atoms with Crippen LogP contribution in [0.25, 0.3) is 0 Å². The normalized spacial score (nSPS) is 16.3. The molecule has 3 atom stereocenters. The zero-order chi connectivity index (χ0) is 31.7. The molecule has 1 unspecified atom stereocenters. The summed E-state index contributed by atoms with van der Waals surface area (Å²) in [6.45, 7) is 2.26. The van der Waals surface area contributed by atoms with Crippen LogP contribution in [0.4, 0.5) is 0 Å². The van der Waals surface area contributed by atoms with E-state index >= 15 is 0 Å². The third-order valence-electron chi connectivity index (χ3n) is 8.31. The van der Waals surface area contributed by atoms with Crippen LogP contribution in [-0.4, -0.2) is 69.2 Å². The van der Waals surface area contributed by atoms with E-state index in [1.807, 2.05) is 25.1 Å². The van der Waals surface area contributed by atoms with Gasteiger partial charge >= 0.3 is 0 Å². The van der Waals surface area contributed by atoms with Crippen molar-refractivity contribution in [3.8, 4) is 17.2 Å². The largest absolute Gasteiger partial charge is 0.493 e. The van der Waals surface area contributed by atoms with Crippen LogP contribution in [0, 0.1) is 0 Å². The van der Waals surface area contributed by atoms with E-state index in [0.29, 0.717) is 43.4 Å². The topological polar surface area (TPSA) is 112 Å². The molecule has 0 aliphatic carbocycles. The summed E-state index contributed by atoms with van der Waals surface area (Å²) in [6.07, 6.45) is 7.44. The number of methoxy groups -OCH3 is 3. The van der Waals surface area contributed by atoms with E-state index in [1.54, 1.807) is 24.5 Å². The van der Waals surface area contributed by atoms with Gasteiger partial charge in [-0.15, -0.1) is 0 Å². The number of hydrogen-bond donors (Lipinski definition) is 0. The van der Waals surface area contributed by atoms with Gasteiger partial charge in [0, 0.05) is 24.5 Å². The lowest BCUT2D eigenvalue weighted by molar-refractivity contribution is -0.127. The molecule has 0 radical (unpaired) electrons. The Bertz CT molecular complexity index is 1490. The summed E-state index contributed by atoms with van der Waals surface area (Å²) in [6, 6.07) is 15.7. The maximum atomic E-state index is 14.6. The van der Waals surface area contributed by atoms with Gasteiger partial charge in [0.15, 0.2) is 21.3 Å². The first kappa shape index (κ1) is 33.0. The maximum absolute atomic E-state index is 14.6. The number of nitrogens with zero attached hydrogens (tertiary/aromatic N) is 2. The average molecular weight is 623 g/mol. The number of pyridine rings is 1. The quantitative estimate of drug-likeness (QED) is 0.158. The number of ether oxygens (including phenoxy) is 3. The number of benzene rings is 2. The molecule has 4 rings (SSSR count). The molecule has 0 N–H and O–H groups in total. The highest BCUT2D eigenvalue weighted by Gasteiger charge is 2.46. The molecular weight excluding hydrogens is 580 g/mol. The van der Waals surface area contributed by atoms with Gasteiger partial charge in [-0.1, -0.05) is 49.7 Å². The van der Waals surface area contributed by atoms with Crippen molar-refractivity contribution >= 4 is 21.5 Å². The molecule has 1 aliphatic heterocycles. The van der Waals surface area contributed by atoms with E-state index in [2.05, 4.69) is 17.1 Å². The third-order valence-corrected chi connectivity index (χ3v) is 11.0. The Morgan fingerprint density at radius 2 is 1.68 bits per heavy atom. The van der Waals surface area contributed by atoms with E-state index in [-0.39, 0.29) is 23.6 Å². The van der Waals surface area contributed by atoms with Crippen molar-refractivity contribution in [2.75, 3.05) is 27.9 Å². The second-order valence-electron chi connectivity index (χ2n) is 11.0. The zero-order valence-corrected chi connectivity index (χ0v) is 26.7. The first-order valence-corrected chi connectivity index (χ1v) is 16.7. The summed E-state index contributed by atoms with van der Waals surface area (Å²) in [5.74, 6) is -0.743. The number of aryl methyl sites for hydroxylation is 1. The minimum Gasteiger partial charge on any atom is -0.493 e. The van der Waals surface area contributed by atoms with Gasteiger partial charge in [-0.25, -0.2) is 8.42 Å². The second kappa shape index (κ2) is 15.2. The summed E-state index contributed by atoms with van der Waals surface area (Å²) in [7, 11) is 0.508. The molecule has 1 amide bonds. The average Bonchev–Trinajstić information content (AvgIpc) is 3.52. The standard InChI is InChI=1S/C34H42N2O7S/c1-5-12-27(17-9-15-24-13-7-6-8-14-24)44(39,40)33(25-16-10-19-35-23-25)28-18-11-20-36(28)34(38)31(37)26-21-29(41-2)32(43-4)30(22-26)42-3/h6-8,10,13-14,16,19,21-23,27-28,33H,5,9,11-12,15,17-18,20H2,1-4H3/t27-,28+,33?/m1/s1. The van der Waals surface area contributed by atoms with Crippen molar-refractivity contribution in [1.82, 2.24) is 9.88 Å². The fourth-order valence-electron chi connectivity index (χ4n) is 6.18. The van der Waals surface area contributed by atoms with E-state index < -0.39 is 38.1 Å². The Labute approximate surface area is 260 Å². The van der Waals surface area contributed by atoms with Crippen LogP contribution in [-0.2, 0) is 21.1 Å². The maximum Gasteiger partial charge on any atom is 0.295 e. The number of sulfone groups is 1. The molecule has 236 valence electrons. The zero-order valence-electron chi connectivity index (χ0n) is 25.9. The highest BCUT2D eigenvalue weighted by molar-refractivity contribution is 7.92. The highest BCUT2D eigenvalue weighted by atomic mass is 32.2. The highest BCUT2D eigenvalue weighted by Crippen LogP contribution is 2.41. The fraction of sp³-hybridized carbons (Fsp3) is 0.441. The Morgan fingerprint density at radius 3 is 2.27 bits per heavy atom. The number of hydrogen-bond acceptors (Lipinski definition) is 8. The molecule has 3 aromatic rings. The molecule has 2 aromatic carbocycles. The van der Waals surface area contributed by atoms with E-state index in [1.165, 1.54) is 43.9 Å². The lowest BCUT2D eigenvalue weighted by Crippen LogP contribution is -2.46. The SMILES string of the molecule is CCC[C@H](CCCc1ccccc1)S(=O)(=O)C(c1cccnc1)[C@@H]1CCCN1C(=O)C(=O)c1cc(OC)c(OC)c(OC)c1. The van der Waals surface area contributed by atoms with Gasteiger partial charge in [0.1, 0.15) is 5.25 Å². The Hall–Kier alpha value is -3.92. The number of carbonyl (C=O) groups excluding carboxylic acids is 2. The number of rotatable bonds is 15. The van der Waals surface area contributed by atoms with E-state index in [9.17, 15) is 18.0 Å². The van der Waals surface area contributed by atoms with Gasteiger partial charge in [-0.3, -0.25) is 14.6 Å². The molecule has 9 nitrogen and oxygen atoms in total. The summed E-state index contributed by atoms with van der Waals surface area (Å²) in [4.78, 5) is 33.1. The predicted molar refractivity (Wildman–Crippen MR) is 169 cm³/mol. The van der Waals surface area contributed by atoms with Crippen LogP contribution >= 0.6 is 0 Å². The van der Waals surface area contributed by atoms with Crippen LogP contribution in [0.5, 0.6) is 17.2 Å². The first-order valence-electron chi connectivity index (χ1n) is 15.1. The minimum atomic E-state index is -3.81. The molecule has 2 heterocycles. The van der Waals surface area contributed by atoms with Crippen LogP contribution in [0.3, 0.4) is 0 Å². The molecule has 1 saturated heterocycles. The number of likely N-dealkylation sites (tertiary alicyclic amines) is 1. The predicted octanol–water partition coefficient (Wildman–Crippen LogP) is 5.63. The lowest BCUT2D eigenvalue weighted by atomic mass is 10.0. The summed E-state index contributed by atoms with van der Waals surface area (Å²) in [5.41, 5.74) is 1.77. The fourth-order valence-corrected chi connectivity index (χ4v) is 8.90. The molecule has 1 fully saturated rings. The molecule has 1 aromatic heterocycles. The molecular formula is C34H42N2O7S. The monoisotopic (exact) mass is 622 g/mol. The second-order valence-corrected chi connectivity index (χ2v) is 13.4. The van der Waals surface area contributed by atoms with Crippen LogP contribution in [0.15, 0.2) is 67.0 Å². The van der Waals surface area contributed by atoms with E-state index in [0.717, 1.165) is 12.8 Å². The summed E-state index contributed by atoms with van der Waals surface area (Å²) >= 11 is 0. The molecule has 0 bridgehead atoms. The summed E-state index contributed by atoms with van der Waals surface area (Å²) < 4.78 is 45.3. The minimum absolute atomic E-state index is 0.0701. The number of amides is 1. The van der Waals surface area contributed by atoms with Gasteiger partial charge in [-0.05, 0) is 67.9 Å². The third kappa shape index (κ3) is 7.23. The Kier molecular flexibility index (Phi) is 11.4. The summed E-state index contributed by atoms with van der Waals surface area (Å²) in [5, 5.41) is -1.60. The number of carbonyl (C=O) groups is 2. The van der Waals surface area contributed by atoms with Crippen molar-refractivity contribution < 1.29 is 32.2 Å². The molecule has 0 saturated carbocycles.